The summed E-state index contributed by atoms with van der Waals surface area (Å²) in [6, 6.07) is 6.34. The van der Waals surface area contributed by atoms with Crippen molar-refractivity contribution in [2.45, 2.75) is 37.9 Å². The summed E-state index contributed by atoms with van der Waals surface area (Å²) in [7, 11) is 0. The van der Waals surface area contributed by atoms with Gasteiger partial charge in [0.05, 0.1) is 6.61 Å². The molecule has 16 heavy (non-hydrogen) atoms. The fourth-order valence-corrected chi connectivity index (χ4v) is 2.84. The van der Waals surface area contributed by atoms with Gasteiger partial charge in [-0.05, 0) is 31.2 Å². The Kier molecular flexibility index (Phi) is 4.28. The first kappa shape index (κ1) is 12.0. The van der Waals surface area contributed by atoms with Gasteiger partial charge < -0.3 is 4.74 Å². The molecule has 0 amide bonds. The van der Waals surface area contributed by atoms with E-state index in [0.29, 0.717) is 0 Å². The first-order valence-electron chi connectivity index (χ1n) is 6.08. The van der Waals surface area contributed by atoms with Gasteiger partial charge in [-0.3, -0.25) is 0 Å². The number of halogens is 1. The Morgan fingerprint density at radius 2 is 2.06 bits per heavy atom. The number of para-hydroxylation sites is 1. The van der Waals surface area contributed by atoms with Gasteiger partial charge in [-0.15, -0.1) is 0 Å². The number of benzene rings is 1. The largest absolute Gasteiger partial charge is 0.493 e. The number of rotatable bonds is 4. The molecule has 0 aromatic heterocycles. The molecule has 1 aromatic carbocycles. The Morgan fingerprint density at radius 1 is 1.31 bits per heavy atom. The van der Waals surface area contributed by atoms with Crippen molar-refractivity contribution in [2.75, 3.05) is 6.61 Å². The molecule has 0 saturated heterocycles. The van der Waals surface area contributed by atoms with Crippen molar-refractivity contribution >= 4 is 15.9 Å². The third-order valence-electron chi connectivity index (χ3n) is 3.38. The van der Waals surface area contributed by atoms with Gasteiger partial charge in [-0.1, -0.05) is 47.0 Å². The predicted molar refractivity (Wildman–Crippen MR) is 71.3 cm³/mol. The Bertz CT molecular complexity index is 343. The molecule has 0 bridgehead atoms. The van der Waals surface area contributed by atoms with Gasteiger partial charge in [0.2, 0.25) is 0 Å². The smallest absolute Gasteiger partial charge is 0.126 e. The van der Waals surface area contributed by atoms with Crippen LogP contribution in [0.4, 0.5) is 0 Å². The zero-order valence-electron chi connectivity index (χ0n) is 9.84. The van der Waals surface area contributed by atoms with E-state index in [1.807, 2.05) is 0 Å². The second-order valence-electron chi connectivity index (χ2n) is 4.66. The minimum Gasteiger partial charge on any atom is -0.493 e. The van der Waals surface area contributed by atoms with E-state index < -0.39 is 0 Å². The summed E-state index contributed by atoms with van der Waals surface area (Å²) >= 11 is 3.52. The number of hydrogen-bond donors (Lipinski definition) is 0. The molecule has 0 N–H and O–H groups in total. The lowest BCUT2D eigenvalue weighted by Gasteiger charge is -2.15. The first-order chi connectivity index (χ1) is 7.81. The van der Waals surface area contributed by atoms with Crippen molar-refractivity contribution in [3.8, 4) is 5.75 Å². The summed E-state index contributed by atoms with van der Waals surface area (Å²) in [5, 5.41) is 0.870. The van der Waals surface area contributed by atoms with E-state index in [9.17, 15) is 0 Å². The molecule has 0 unspecified atom stereocenters. The van der Waals surface area contributed by atoms with Crippen LogP contribution < -0.4 is 4.74 Å². The van der Waals surface area contributed by atoms with Crippen LogP contribution in [0.15, 0.2) is 18.2 Å². The van der Waals surface area contributed by atoms with Gasteiger partial charge in [-0.25, -0.2) is 0 Å². The van der Waals surface area contributed by atoms with E-state index in [1.54, 1.807) is 0 Å². The Labute approximate surface area is 106 Å². The summed E-state index contributed by atoms with van der Waals surface area (Å²) in [6.45, 7) is 3.01. The first-order valence-corrected chi connectivity index (χ1v) is 7.20. The third kappa shape index (κ3) is 2.79. The molecule has 2 rings (SSSR count). The molecule has 1 nitrogen and oxygen atoms in total. The van der Waals surface area contributed by atoms with Crippen LogP contribution in [0, 0.1) is 12.8 Å². The zero-order valence-corrected chi connectivity index (χ0v) is 11.4. The van der Waals surface area contributed by atoms with Crippen molar-refractivity contribution in [2.24, 2.45) is 5.92 Å². The van der Waals surface area contributed by atoms with Crippen LogP contribution in [-0.2, 0) is 5.33 Å². The maximum Gasteiger partial charge on any atom is 0.126 e. The summed E-state index contributed by atoms with van der Waals surface area (Å²) in [5.41, 5.74) is 2.51. The predicted octanol–water partition coefficient (Wildman–Crippen LogP) is 4.46. The van der Waals surface area contributed by atoms with Crippen molar-refractivity contribution in [3.05, 3.63) is 29.3 Å². The number of aryl methyl sites for hydroxylation is 1. The molecule has 1 aliphatic carbocycles. The van der Waals surface area contributed by atoms with Gasteiger partial charge in [-0.2, -0.15) is 0 Å². The molecule has 0 atom stereocenters. The maximum atomic E-state index is 6.01. The van der Waals surface area contributed by atoms with E-state index in [0.717, 1.165) is 23.6 Å². The summed E-state index contributed by atoms with van der Waals surface area (Å²) in [4.78, 5) is 0. The van der Waals surface area contributed by atoms with E-state index in [4.69, 9.17) is 4.74 Å². The molecular weight excluding hydrogens is 264 g/mol. The Balaban J connectivity index is 2.01. The number of alkyl halides is 1. The second kappa shape index (κ2) is 5.72. The van der Waals surface area contributed by atoms with Crippen molar-refractivity contribution in [1.82, 2.24) is 0 Å². The third-order valence-corrected chi connectivity index (χ3v) is 3.98. The molecule has 0 spiro atoms. The van der Waals surface area contributed by atoms with Crippen LogP contribution in [0.5, 0.6) is 5.75 Å². The van der Waals surface area contributed by atoms with Crippen LogP contribution in [0.25, 0.3) is 0 Å². The highest BCUT2D eigenvalue weighted by molar-refractivity contribution is 9.08. The summed E-state index contributed by atoms with van der Waals surface area (Å²) in [5.74, 6) is 1.87. The lowest BCUT2D eigenvalue weighted by Crippen LogP contribution is -2.09. The average molecular weight is 283 g/mol. The van der Waals surface area contributed by atoms with Gasteiger partial charge >= 0.3 is 0 Å². The van der Waals surface area contributed by atoms with Gasteiger partial charge in [0.15, 0.2) is 0 Å². The van der Waals surface area contributed by atoms with Crippen LogP contribution in [-0.4, -0.2) is 6.61 Å². The molecule has 1 aromatic rings. The minimum absolute atomic E-state index is 0.780. The van der Waals surface area contributed by atoms with Crippen LogP contribution in [0.2, 0.25) is 0 Å². The molecule has 1 aliphatic rings. The molecular formula is C14H19BrO. The molecule has 88 valence electrons. The monoisotopic (exact) mass is 282 g/mol. The number of hydrogen-bond acceptors (Lipinski definition) is 1. The van der Waals surface area contributed by atoms with Crippen molar-refractivity contribution in [3.63, 3.8) is 0 Å². The molecule has 1 fully saturated rings. The Morgan fingerprint density at radius 3 is 2.75 bits per heavy atom. The van der Waals surface area contributed by atoms with Crippen molar-refractivity contribution in [1.29, 1.82) is 0 Å². The second-order valence-corrected chi connectivity index (χ2v) is 5.22. The van der Waals surface area contributed by atoms with Crippen LogP contribution >= 0.6 is 15.9 Å². The van der Waals surface area contributed by atoms with Gasteiger partial charge in [0.1, 0.15) is 5.75 Å². The van der Waals surface area contributed by atoms with Crippen LogP contribution in [0.1, 0.15) is 36.8 Å². The topological polar surface area (TPSA) is 9.23 Å². The lowest BCUT2D eigenvalue weighted by molar-refractivity contribution is 0.249. The van der Waals surface area contributed by atoms with E-state index in [2.05, 4.69) is 41.1 Å². The van der Waals surface area contributed by atoms with E-state index in [-0.39, 0.29) is 0 Å². The van der Waals surface area contributed by atoms with E-state index >= 15 is 0 Å². The Hall–Kier alpha value is -0.500. The highest BCUT2D eigenvalue weighted by Gasteiger charge is 2.16. The molecule has 0 aliphatic heterocycles. The van der Waals surface area contributed by atoms with E-state index in [1.165, 1.54) is 36.8 Å². The van der Waals surface area contributed by atoms with Crippen molar-refractivity contribution < 1.29 is 4.74 Å². The summed E-state index contributed by atoms with van der Waals surface area (Å²) < 4.78 is 6.01. The SMILES string of the molecule is Cc1cccc(CBr)c1OCC1CCCC1. The highest BCUT2D eigenvalue weighted by atomic mass is 79.9. The summed E-state index contributed by atoms with van der Waals surface area (Å²) in [6.07, 6.45) is 5.45. The zero-order chi connectivity index (χ0) is 11.4. The highest BCUT2D eigenvalue weighted by Crippen LogP contribution is 2.29. The standard InChI is InChI=1S/C14H19BrO/c1-11-5-4-8-13(9-15)14(11)16-10-12-6-2-3-7-12/h4-5,8,12H,2-3,6-7,9-10H2,1H3. The maximum absolute atomic E-state index is 6.01. The van der Waals surface area contributed by atoms with Gasteiger partial charge in [0.25, 0.3) is 0 Å². The number of ether oxygens (including phenoxy) is 1. The fraction of sp³-hybridized carbons (Fsp3) is 0.571. The minimum atomic E-state index is 0.780. The average Bonchev–Trinajstić information content (AvgIpc) is 2.80. The normalized spacial score (nSPS) is 16.6. The van der Waals surface area contributed by atoms with Gasteiger partial charge in [0, 0.05) is 10.9 Å². The molecule has 1 saturated carbocycles. The quantitative estimate of drug-likeness (QED) is 0.741. The molecule has 0 heterocycles. The fourth-order valence-electron chi connectivity index (χ4n) is 2.40. The molecule has 2 heteroatoms. The molecule has 0 radical (unpaired) electrons. The lowest BCUT2D eigenvalue weighted by atomic mass is 10.1. The van der Waals surface area contributed by atoms with Crippen LogP contribution in [0.3, 0.4) is 0 Å².